The Morgan fingerprint density at radius 1 is 0.253 bits per heavy atom. The Morgan fingerprint density at radius 3 is 1.24 bits per heavy atom. The first-order valence-electron chi connectivity index (χ1n) is 33.5. The smallest absolute Gasteiger partial charge is 0.181 e. The number of benzene rings is 15. The van der Waals surface area contributed by atoms with E-state index in [0.29, 0.717) is 0 Å². The second-order valence-corrected chi connectivity index (χ2v) is 37.1. The van der Waals surface area contributed by atoms with E-state index in [0.717, 1.165) is 55.4 Å². The van der Waals surface area contributed by atoms with Crippen molar-refractivity contribution in [3.63, 3.8) is 0 Å². The van der Waals surface area contributed by atoms with Crippen LogP contribution in [0.5, 0.6) is 11.5 Å². The fourth-order valence-corrected chi connectivity index (χ4v) is 30.7. The van der Waals surface area contributed by atoms with E-state index in [1.54, 1.807) is 11.8 Å². The molecule has 1 aromatic heterocycles. The second kappa shape index (κ2) is 24.7. The second-order valence-electron chi connectivity index (χ2n) is 25.3. The first-order chi connectivity index (χ1) is 49.1. The van der Waals surface area contributed by atoms with Crippen molar-refractivity contribution in [1.29, 1.82) is 0 Å². The summed E-state index contributed by atoms with van der Waals surface area (Å²) in [4.78, 5) is 12.4. The highest BCUT2D eigenvalue weighted by molar-refractivity contribution is 8.05. The summed E-state index contributed by atoms with van der Waals surface area (Å²) in [6.45, 7) is 0. The van der Waals surface area contributed by atoms with Crippen molar-refractivity contribution in [1.82, 2.24) is 0 Å². The van der Waals surface area contributed by atoms with Gasteiger partial charge in [-0.1, -0.05) is 278 Å². The molecule has 2 unspecified atom stereocenters. The number of anilines is 6. The lowest BCUT2D eigenvalue weighted by Gasteiger charge is -2.33. The molecule has 0 radical (unpaired) electrons. The SMILES string of the molecule is c1ccc(N(c2ccccc2)c2ccc([Si]3(c4ccc5sc6ccccc6c5c4)c4ccccc4-c4c3ccc3c4Oc4ccccc4S3)cc2)cc1.c1ccc(N(c2ccccc2)c2ccc([Si]3(c4ccccc4)c4ccccc4-c4c3ccc3c4Sc4ccccc4S3)cc2)cc1. The Bertz CT molecular complexity index is 5690. The number of ether oxygens (including phenoxy) is 1. The predicted molar refractivity (Wildman–Crippen MR) is 426 cm³/mol. The number of para-hydroxylation sites is 5. The minimum absolute atomic E-state index is 0.924. The van der Waals surface area contributed by atoms with E-state index in [9.17, 15) is 0 Å². The summed E-state index contributed by atoms with van der Waals surface area (Å²) in [6.07, 6.45) is 0. The Kier molecular flexibility index (Phi) is 14.9. The van der Waals surface area contributed by atoms with Crippen molar-refractivity contribution in [2.24, 2.45) is 0 Å². The summed E-state index contributed by atoms with van der Waals surface area (Å²) in [6, 6.07) is 134. The number of nitrogens with zero attached hydrogens (tertiary/aromatic N) is 2. The molecule has 0 aliphatic carbocycles. The van der Waals surface area contributed by atoms with E-state index in [-0.39, 0.29) is 0 Å². The third kappa shape index (κ3) is 9.77. The first kappa shape index (κ1) is 59.7. The van der Waals surface area contributed by atoms with Crippen LogP contribution in [-0.4, -0.2) is 16.1 Å². The van der Waals surface area contributed by atoms with Gasteiger partial charge in [0.05, 0.1) is 9.79 Å². The van der Waals surface area contributed by atoms with Crippen LogP contribution in [0.4, 0.5) is 34.1 Å². The zero-order valence-electron chi connectivity index (χ0n) is 53.6. The molecule has 0 saturated heterocycles. The molecular formula is C90H60N2OS4Si2. The van der Waals surface area contributed by atoms with Crippen LogP contribution in [0.2, 0.25) is 0 Å². The molecule has 0 amide bonds. The molecule has 99 heavy (non-hydrogen) atoms. The summed E-state index contributed by atoms with van der Waals surface area (Å²) < 4.78 is 9.55. The highest BCUT2D eigenvalue weighted by atomic mass is 32.2. The average molecular weight is 1370 g/mol. The number of thiophene rings is 1. The summed E-state index contributed by atoms with van der Waals surface area (Å²) in [7, 11) is -5.51. The van der Waals surface area contributed by atoms with E-state index in [4.69, 9.17) is 4.74 Å². The van der Waals surface area contributed by atoms with Crippen LogP contribution < -0.4 is 56.0 Å². The van der Waals surface area contributed by atoms with Crippen LogP contribution in [-0.2, 0) is 0 Å². The minimum Gasteiger partial charge on any atom is -0.454 e. The van der Waals surface area contributed by atoms with Crippen LogP contribution in [0, 0.1) is 0 Å². The Hall–Kier alpha value is -10.6. The van der Waals surface area contributed by atoms with Crippen molar-refractivity contribution < 1.29 is 4.74 Å². The summed E-state index contributed by atoms with van der Waals surface area (Å²) in [5.74, 6) is 1.90. The molecule has 0 fully saturated rings. The van der Waals surface area contributed by atoms with Gasteiger partial charge in [0.15, 0.2) is 16.1 Å². The van der Waals surface area contributed by atoms with Crippen molar-refractivity contribution in [3.8, 4) is 33.8 Å². The van der Waals surface area contributed by atoms with Gasteiger partial charge in [-0.25, -0.2) is 0 Å². The number of rotatable bonds is 10. The maximum Gasteiger partial charge on any atom is 0.181 e. The maximum atomic E-state index is 6.90. The maximum absolute atomic E-state index is 6.90. The van der Waals surface area contributed by atoms with Gasteiger partial charge in [0.25, 0.3) is 0 Å². The molecule has 0 N–H and O–H groups in total. The summed E-state index contributed by atoms with van der Waals surface area (Å²) >= 11 is 7.53. The molecule has 15 aromatic carbocycles. The molecule has 20 rings (SSSR count). The van der Waals surface area contributed by atoms with Gasteiger partial charge in [-0.2, -0.15) is 0 Å². The fourth-order valence-electron chi connectivity index (χ4n) is 15.8. The van der Waals surface area contributed by atoms with Gasteiger partial charge in [0.1, 0.15) is 11.5 Å². The number of hydrogen-bond acceptors (Lipinski definition) is 7. The molecule has 4 aliphatic rings. The van der Waals surface area contributed by atoms with E-state index in [2.05, 4.69) is 374 Å². The van der Waals surface area contributed by atoms with Gasteiger partial charge in [-0.3, -0.25) is 0 Å². The van der Waals surface area contributed by atoms with Gasteiger partial charge < -0.3 is 14.5 Å². The zero-order valence-corrected chi connectivity index (χ0v) is 58.8. The normalized spacial score (nSPS) is 15.5. The van der Waals surface area contributed by atoms with Crippen LogP contribution in [0.3, 0.4) is 0 Å². The van der Waals surface area contributed by atoms with Crippen LogP contribution in [0.1, 0.15) is 0 Å². The number of hydrogen-bond donors (Lipinski definition) is 0. The lowest BCUT2D eigenvalue weighted by atomic mass is 10.0. The molecule has 5 heterocycles. The fraction of sp³-hybridized carbons (Fsp3) is 0. The van der Waals surface area contributed by atoms with E-state index < -0.39 is 16.1 Å². The predicted octanol–water partition coefficient (Wildman–Crippen LogP) is 20.3. The van der Waals surface area contributed by atoms with Gasteiger partial charge in [0, 0.05) is 79.4 Å². The topological polar surface area (TPSA) is 15.7 Å². The molecule has 4 aliphatic heterocycles. The van der Waals surface area contributed by atoms with Gasteiger partial charge in [-0.05, 0) is 180 Å². The highest BCUT2D eigenvalue weighted by Gasteiger charge is 2.52. The Labute approximate surface area is 595 Å². The first-order valence-corrected chi connectivity index (χ1v) is 40.8. The quantitative estimate of drug-likeness (QED) is 0.126. The van der Waals surface area contributed by atoms with Crippen molar-refractivity contribution in [2.45, 2.75) is 29.4 Å². The van der Waals surface area contributed by atoms with Crippen molar-refractivity contribution >= 4 is 159 Å². The molecule has 2 atom stereocenters. The third-order valence-corrected chi connectivity index (χ3v) is 34.6. The van der Waals surface area contributed by atoms with Crippen LogP contribution >= 0.6 is 46.6 Å². The van der Waals surface area contributed by atoms with Gasteiger partial charge >= 0.3 is 0 Å². The molecule has 0 spiro atoms. The molecular weight excluding hydrogens is 1310 g/mol. The molecule has 9 heteroatoms. The van der Waals surface area contributed by atoms with Gasteiger partial charge in [-0.15, -0.1) is 11.3 Å². The summed E-state index contributed by atoms with van der Waals surface area (Å²) in [5.41, 5.74) is 12.2. The van der Waals surface area contributed by atoms with Crippen molar-refractivity contribution in [3.05, 3.63) is 364 Å². The largest absolute Gasteiger partial charge is 0.454 e. The molecule has 16 aromatic rings. The highest BCUT2D eigenvalue weighted by Crippen LogP contribution is 2.54. The Morgan fingerprint density at radius 2 is 0.657 bits per heavy atom. The van der Waals surface area contributed by atoms with E-state index in [1.165, 1.54) is 104 Å². The lowest BCUT2D eigenvalue weighted by Crippen LogP contribution is -2.72. The van der Waals surface area contributed by atoms with E-state index >= 15 is 0 Å². The average Bonchev–Trinajstić information content (AvgIpc) is 1.54. The molecule has 468 valence electrons. The van der Waals surface area contributed by atoms with Crippen molar-refractivity contribution in [2.75, 3.05) is 9.80 Å². The monoisotopic (exact) mass is 1370 g/mol. The third-order valence-electron chi connectivity index (χ3n) is 20.0. The van der Waals surface area contributed by atoms with Gasteiger partial charge in [0.2, 0.25) is 0 Å². The van der Waals surface area contributed by atoms with Crippen LogP contribution in [0.25, 0.3) is 42.4 Å². The minimum atomic E-state index is -2.87. The standard InChI is InChI=1S/C48H31NOS2Si.C42H29NS2Si/c1-3-13-32(14-4-1)49(33-15-5-2-6-16-33)34-23-25-35(26-24-34)53(36-27-28-42-39(31-36)37-17-7-10-20-41(37)51-42)45-22-12-8-18-38(45)47-46(53)30-29-44-48(47)50-40-19-9-11-21-43(40)52-44;1-4-14-30(15-5-1)43(31-16-6-2-7-17-31)32-24-26-34(27-25-32)46(33-18-8-3-9-19-33)39-23-13-10-20-35(39)41-40(46)29-28-38-42(41)45-37-22-12-11-21-36(37)44-38/h1-31H;1-29H. The Balaban J connectivity index is 0.000000140. The van der Waals surface area contributed by atoms with Crippen LogP contribution in [0.15, 0.2) is 393 Å². The lowest BCUT2D eigenvalue weighted by molar-refractivity contribution is 0.457. The number of fused-ring (bicyclic) bond motifs is 15. The molecule has 0 saturated carbocycles. The zero-order chi connectivity index (χ0) is 65.4. The van der Waals surface area contributed by atoms with E-state index in [1.807, 2.05) is 34.9 Å². The molecule has 0 bridgehead atoms. The molecule has 3 nitrogen and oxygen atoms in total. The summed E-state index contributed by atoms with van der Waals surface area (Å²) in [5, 5.41) is 14.0.